The fraction of sp³-hybridized carbons (Fsp3) is 0.750. The van der Waals surface area contributed by atoms with Gasteiger partial charge in [-0.15, -0.1) is 0 Å². The second kappa shape index (κ2) is 20.5. The highest BCUT2D eigenvalue weighted by molar-refractivity contribution is 5.97. The highest BCUT2D eigenvalue weighted by atomic mass is 16.5. The zero-order valence-electron chi connectivity index (χ0n) is 20.6. The summed E-state index contributed by atoms with van der Waals surface area (Å²) in [5, 5.41) is 3.08. The maximum atomic E-state index is 12.1. The molecule has 0 radical (unpaired) electrons. The number of benzene rings is 1. The summed E-state index contributed by atoms with van der Waals surface area (Å²) in [4.78, 5) is 12.1. The molecule has 0 amide bonds. The van der Waals surface area contributed by atoms with Gasteiger partial charge in [-0.25, -0.2) is 0 Å². The predicted molar refractivity (Wildman–Crippen MR) is 134 cm³/mol. The minimum atomic E-state index is 0.120. The average molecular weight is 432 g/mol. The highest BCUT2D eigenvalue weighted by Crippen LogP contribution is 2.16. The molecule has 0 aliphatic carbocycles. The molecule has 0 aliphatic rings. The lowest BCUT2D eigenvalue weighted by atomic mass is 10.0. The Morgan fingerprint density at radius 1 is 0.742 bits per heavy atom. The first-order chi connectivity index (χ1) is 15.3. The number of carbonyl (C=O) groups is 1. The number of ketones is 1. The van der Waals surface area contributed by atoms with Gasteiger partial charge in [0.2, 0.25) is 0 Å². The van der Waals surface area contributed by atoms with Crippen molar-refractivity contribution in [2.75, 3.05) is 19.7 Å². The summed E-state index contributed by atoms with van der Waals surface area (Å²) in [6, 6.07) is 7.58. The Kier molecular flexibility index (Phi) is 18.3. The van der Waals surface area contributed by atoms with Crippen LogP contribution in [0.15, 0.2) is 24.3 Å². The first-order valence-corrected chi connectivity index (χ1v) is 13.2. The molecule has 1 aromatic rings. The molecule has 0 atom stereocenters. The monoisotopic (exact) mass is 431 g/mol. The average Bonchev–Trinajstić information content (AvgIpc) is 2.79. The maximum absolute atomic E-state index is 12.1. The number of unbranched alkanes of at least 4 members (excludes halogenated alkanes) is 15. The lowest BCUT2D eigenvalue weighted by Gasteiger charge is -2.08. The Bertz CT molecular complexity index is 544. The van der Waals surface area contributed by atoms with E-state index in [0.29, 0.717) is 6.54 Å². The van der Waals surface area contributed by atoms with E-state index in [4.69, 9.17) is 4.74 Å². The molecule has 3 heteroatoms. The molecule has 1 aromatic carbocycles. The van der Waals surface area contributed by atoms with Gasteiger partial charge in [0.05, 0.1) is 13.2 Å². The van der Waals surface area contributed by atoms with Gasteiger partial charge < -0.3 is 10.1 Å². The molecule has 0 heterocycles. The third-order valence-corrected chi connectivity index (χ3v) is 5.96. The van der Waals surface area contributed by atoms with Crippen LogP contribution in [0.3, 0.4) is 0 Å². The summed E-state index contributed by atoms with van der Waals surface area (Å²) >= 11 is 0. The van der Waals surface area contributed by atoms with Crippen LogP contribution in [-0.2, 0) is 0 Å². The van der Waals surface area contributed by atoms with E-state index in [1.807, 2.05) is 31.2 Å². The Balaban J connectivity index is 1.89. The van der Waals surface area contributed by atoms with Crippen molar-refractivity contribution >= 4 is 5.78 Å². The fourth-order valence-electron chi connectivity index (χ4n) is 3.94. The highest BCUT2D eigenvalue weighted by Gasteiger charge is 2.06. The van der Waals surface area contributed by atoms with Crippen LogP contribution in [-0.4, -0.2) is 25.5 Å². The van der Waals surface area contributed by atoms with Gasteiger partial charge in [0.25, 0.3) is 0 Å². The van der Waals surface area contributed by atoms with E-state index in [0.717, 1.165) is 30.9 Å². The first-order valence-electron chi connectivity index (χ1n) is 13.2. The van der Waals surface area contributed by atoms with Gasteiger partial charge in [0, 0.05) is 5.56 Å². The van der Waals surface area contributed by atoms with Crippen LogP contribution in [0.4, 0.5) is 0 Å². The number of rotatable bonds is 22. The quantitative estimate of drug-likeness (QED) is 0.149. The standard InChI is InChI=1S/C28H49NO2/c1-3-5-6-7-8-9-10-11-12-13-14-15-16-17-18-19-23-31-27-22-20-21-26(24-27)28(30)25-29-4-2/h20-22,24,29H,3-19,23,25H2,1-2H3. The molecule has 31 heavy (non-hydrogen) atoms. The molecule has 0 unspecified atom stereocenters. The number of hydrogen-bond donors (Lipinski definition) is 1. The van der Waals surface area contributed by atoms with Gasteiger partial charge in [0.1, 0.15) is 5.75 Å². The molecule has 1 N–H and O–H groups in total. The van der Waals surface area contributed by atoms with Gasteiger partial charge in [-0.1, -0.05) is 122 Å². The van der Waals surface area contributed by atoms with Gasteiger partial charge in [-0.2, -0.15) is 0 Å². The Morgan fingerprint density at radius 3 is 1.77 bits per heavy atom. The van der Waals surface area contributed by atoms with Crippen molar-refractivity contribution in [3.05, 3.63) is 29.8 Å². The lowest BCUT2D eigenvalue weighted by Crippen LogP contribution is -2.22. The van der Waals surface area contributed by atoms with Crippen molar-refractivity contribution in [1.29, 1.82) is 0 Å². The van der Waals surface area contributed by atoms with E-state index in [-0.39, 0.29) is 5.78 Å². The molecule has 0 fully saturated rings. The smallest absolute Gasteiger partial charge is 0.176 e. The Hall–Kier alpha value is -1.35. The van der Waals surface area contributed by atoms with Crippen molar-refractivity contribution in [3.8, 4) is 5.75 Å². The van der Waals surface area contributed by atoms with Crippen molar-refractivity contribution in [2.45, 2.75) is 117 Å². The van der Waals surface area contributed by atoms with Crippen molar-refractivity contribution in [2.24, 2.45) is 0 Å². The summed E-state index contributed by atoms with van der Waals surface area (Å²) in [6.45, 7) is 6.22. The third kappa shape index (κ3) is 16.0. The SMILES string of the molecule is CCCCCCCCCCCCCCCCCCOc1cccc(C(=O)CNCC)c1. The second-order valence-corrected chi connectivity index (χ2v) is 8.88. The van der Waals surface area contributed by atoms with Crippen LogP contribution >= 0.6 is 0 Å². The zero-order valence-corrected chi connectivity index (χ0v) is 20.6. The summed E-state index contributed by atoms with van der Waals surface area (Å²) in [7, 11) is 0. The molecule has 3 nitrogen and oxygen atoms in total. The first kappa shape index (κ1) is 27.7. The molecule has 0 saturated carbocycles. The van der Waals surface area contributed by atoms with Gasteiger partial charge in [0.15, 0.2) is 5.78 Å². The molecule has 0 aliphatic heterocycles. The maximum Gasteiger partial charge on any atom is 0.176 e. The number of nitrogens with one attached hydrogen (secondary N) is 1. The van der Waals surface area contributed by atoms with Crippen LogP contribution in [0.2, 0.25) is 0 Å². The zero-order chi connectivity index (χ0) is 22.4. The molecular formula is C28H49NO2. The minimum Gasteiger partial charge on any atom is -0.494 e. The van der Waals surface area contributed by atoms with E-state index in [1.54, 1.807) is 0 Å². The molecule has 1 rings (SSSR count). The molecule has 0 bridgehead atoms. The van der Waals surface area contributed by atoms with E-state index in [2.05, 4.69) is 12.2 Å². The summed E-state index contributed by atoms with van der Waals surface area (Å²) in [6.07, 6.45) is 22.0. The normalized spacial score (nSPS) is 11.0. The van der Waals surface area contributed by atoms with Gasteiger partial charge in [-0.3, -0.25) is 4.79 Å². The largest absolute Gasteiger partial charge is 0.494 e. The summed E-state index contributed by atoms with van der Waals surface area (Å²) in [5.74, 6) is 0.929. The van der Waals surface area contributed by atoms with E-state index in [1.165, 1.54) is 96.3 Å². The molecular weight excluding hydrogens is 382 g/mol. The van der Waals surface area contributed by atoms with Crippen LogP contribution in [0, 0.1) is 0 Å². The number of Topliss-reactive ketones (excluding diaryl/α,β-unsaturated/α-hetero) is 1. The summed E-state index contributed by atoms with van der Waals surface area (Å²) in [5.41, 5.74) is 0.727. The molecule has 178 valence electrons. The van der Waals surface area contributed by atoms with Crippen LogP contribution in [0.25, 0.3) is 0 Å². The Labute approximate surface area is 192 Å². The topological polar surface area (TPSA) is 38.3 Å². The number of hydrogen-bond acceptors (Lipinski definition) is 3. The number of ether oxygens (including phenoxy) is 1. The Morgan fingerprint density at radius 2 is 1.26 bits per heavy atom. The van der Waals surface area contributed by atoms with Crippen molar-refractivity contribution in [1.82, 2.24) is 5.32 Å². The van der Waals surface area contributed by atoms with E-state index < -0.39 is 0 Å². The third-order valence-electron chi connectivity index (χ3n) is 5.96. The predicted octanol–water partition coefficient (Wildman–Crippen LogP) is 8.12. The van der Waals surface area contributed by atoms with Crippen LogP contribution in [0.5, 0.6) is 5.75 Å². The lowest BCUT2D eigenvalue weighted by molar-refractivity contribution is 0.0991. The molecule has 0 saturated heterocycles. The minimum absolute atomic E-state index is 0.120. The van der Waals surface area contributed by atoms with Crippen molar-refractivity contribution < 1.29 is 9.53 Å². The van der Waals surface area contributed by atoms with Crippen LogP contribution < -0.4 is 10.1 Å². The fourth-order valence-corrected chi connectivity index (χ4v) is 3.94. The van der Waals surface area contributed by atoms with Gasteiger partial charge >= 0.3 is 0 Å². The number of likely N-dealkylation sites (N-methyl/N-ethyl adjacent to an activating group) is 1. The van der Waals surface area contributed by atoms with E-state index >= 15 is 0 Å². The number of carbonyl (C=O) groups excluding carboxylic acids is 1. The second-order valence-electron chi connectivity index (χ2n) is 8.88. The van der Waals surface area contributed by atoms with E-state index in [9.17, 15) is 4.79 Å². The molecule has 0 spiro atoms. The molecule has 0 aromatic heterocycles. The van der Waals surface area contributed by atoms with Crippen molar-refractivity contribution in [3.63, 3.8) is 0 Å². The van der Waals surface area contributed by atoms with Gasteiger partial charge in [-0.05, 0) is 25.1 Å². The summed E-state index contributed by atoms with van der Waals surface area (Å²) < 4.78 is 5.85. The van der Waals surface area contributed by atoms with Crippen LogP contribution in [0.1, 0.15) is 127 Å².